The molecule has 0 saturated carbocycles. The van der Waals surface area contributed by atoms with Gasteiger partial charge in [-0.3, -0.25) is 14.5 Å². The third-order valence-corrected chi connectivity index (χ3v) is 6.57. The van der Waals surface area contributed by atoms with Crippen LogP contribution >= 0.6 is 0 Å². The van der Waals surface area contributed by atoms with Crippen molar-refractivity contribution in [3.63, 3.8) is 0 Å². The number of amides is 1. The van der Waals surface area contributed by atoms with E-state index in [4.69, 9.17) is 9.15 Å². The number of β-amino-alcohol motifs (C(OH)–C–C–N with tert-alkyl or cyclic N) is 1. The minimum absolute atomic E-state index is 0.0557. The smallest absolute Gasteiger partial charge is 0.289 e. The van der Waals surface area contributed by atoms with Gasteiger partial charge >= 0.3 is 0 Å². The Hall–Kier alpha value is -1.70. The number of aliphatic hydroxyl groups excluding tert-OH is 1. The molecule has 4 heterocycles. The van der Waals surface area contributed by atoms with E-state index in [2.05, 4.69) is 4.90 Å². The SMILES string of the molecule is Cc1cc(=O)cc(C(=O)N2CCC3(CC2)CC(O)CN(C2CCOCC2)C3)o1. The average molecular weight is 390 g/mol. The standard InChI is InChI=1S/C21H30N2O5/c1-15-10-17(24)11-19(28-15)20(26)22-6-4-21(5-7-22)12-18(25)13-23(14-21)16-2-8-27-9-3-16/h10-11,16,18,25H,2-9,12-14H2,1H3. The maximum atomic E-state index is 12.8. The average Bonchev–Trinajstić information content (AvgIpc) is 2.67. The van der Waals surface area contributed by atoms with Gasteiger partial charge in [-0.25, -0.2) is 0 Å². The summed E-state index contributed by atoms with van der Waals surface area (Å²) in [6, 6.07) is 3.15. The second-order valence-corrected chi connectivity index (χ2v) is 8.69. The van der Waals surface area contributed by atoms with Crippen LogP contribution in [0.4, 0.5) is 0 Å². The molecule has 1 amide bonds. The summed E-state index contributed by atoms with van der Waals surface area (Å²) in [4.78, 5) is 28.7. The predicted molar refractivity (Wildman–Crippen MR) is 103 cm³/mol. The Morgan fingerprint density at radius 3 is 2.61 bits per heavy atom. The van der Waals surface area contributed by atoms with Crippen LogP contribution in [0.25, 0.3) is 0 Å². The zero-order chi connectivity index (χ0) is 19.7. The molecule has 3 aliphatic heterocycles. The molecule has 154 valence electrons. The summed E-state index contributed by atoms with van der Waals surface area (Å²) in [5.74, 6) is 0.355. The lowest BCUT2D eigenvalue weighted by molar-refractivity contribution is -0.0696. The fourth-order valence-corrected chi connectivity index (χ4v) is 5.13. The molecule has 7 nitrogen and oxygen atoms in total. The second kappa shape index (κ2) is 7.97. The third-order valence-electron chi connectivity index (χ3n) is 6.57. The molecular weight excluding hydrogens is 360 g/mol. The Bertz CT molecular complexity index is 762. The predicted octanol–water partition coefficient (Wildman–Crippen LogP) is 1.42. The number of aliphatic hydroxyl groups is 1. The zero-order valence-corrected chi connectivity index (χ0v) is 16.6. The van der Waals surface area contributed by atoms with Crippen LogP contribution in [0.15, 0.2) is 21.3 Å². The number of nitrogens with zero attached hydrogens (tertiary/aromatic N) is 2. The summed E-state index contributed by atoms with van der Waals surface area (Å²) in [5.41, 5.74) is -0.150. The first-order chi connectivity index (χ1) is 13.4. The van der Waals surface area contributed by atoms with Gasteiger partial charge in [0.05, 0.1) is 6.10 Å². The largest absolute Gasteiger partial charge is 0.456 e. The van der Waals surface area contributed by atoms with Gasteiger partial charge in [-0.15, -0.1) is 0 Å². The molecule has 1 N–H and O–H groups in total. The minimum Gasteiger partial charge on any atom is -0.456 e. The summed E-state index contributed by atoms with van der Waals surface area (Å²) in [6.45, 7) is 6.26. The summed E-state index contributed by atoms with van der Waals surface area (Å²) in [6.07, 6.45) is 4.28. The molecule has 1 unspecified atom stereocenters. The monoisotopic (exact) mass is 390 g/mol. The molecule has 1 aromatic rings. The van der Waals surface area contributed by atoms with Crippen LogP contribution in [0.1, 0.15) is 48.4 Å². The van der Waals surface area contributed by atoms with Gasteiger partial charge in [0.25, 0.3) is 5.91 Å². The van der Waals surface area contributed by atoms with Gasteiger partial charge in [0.1, 0.15) is 5.76 Å². The Morgan fingerprint density at radius 1 is 1.21 bits per heavy atom. The fourth-order valence-electron chi connectivity index (χ4n) is 5.13. The van der Waals surface area contributed by atoms with E-state index < -0.39 is 0 Å². The number of rotatable bonds is 2. The van der Waals surface area contributed by atoms with Crippen molar-refractivity contribution in [3.8, 4) is 0 Å². The fraction of sp³-hybridized carbons (Fsp3) is 0.714. The highest BCUT2D eigenvalue weighted by atomic mass is 16.5. The van der Waals surface area contributed by atoms with E-state index in [1.165, 1.54) is 12.1 Å². The number of hydrogen-bond acceptors (Lipinski definition) is 6. The molecule has 0 aliphatic carbocycles. The first kappa shape index (κ1) is 19.6. The first-order valence-electron chi connectivity index (χ1n) is 10.4. The number of ether oxygens (including phenoxy) is 1. The summed E-state index contributed by atoms with van der Waals surface area (Å²) >= 11 is 0. The summed E-state index contributed by atoms with van der Waals surface area (Å²) in [5, 5.41) is 10.5. The maximum absolute atomic E-state index is 12.8. The van der Waals surface area contributed by atoms with Crippen molar-refractivity contribution in [1.29, 1.82) is 0 Å². The highest BCUT2D eigenvalue weighted by Crippen LogP contribution is 2.41. The van der Waals surface area contributed by atoms with Crippen LogP contribution < -0.4 is 5.43 Å². The quantitative estimate of drug-likeness (QED) is 0.822. The molecule has 0 bridgehead atoms. The molecular formula is C21H30N2O5. The summed E-state index contributed by atoms with van der Waals surface area (Å²) < 4.78 is 11.0. The Kier molecular flexibility index (Phi) is 5.58. The van der Waals surface area contributed by atoms with Crippen LogP contribution in [-0.2, 0) is 4.74 Å². The Labute approximate surface area is 165 Å². The highest BCUT2D eigenvalue weighted by molar-refractivity contribution is 5.91. The van der Waals surface area contributed by atoms with Gasteiger partial charge < -0.3 is 19.2 Å². The molecule has 1 aromatic heterocycles. The number of piperidine rings is 2. The second-order valence-electron chi connectivity index (χ2n) is 8.69. The molecule has 28 heavy (non-hydrogen) atoms. The molecule has 0 aromatic carbocycles. The van der Waals surface area contributed by atoms with Gasteiger partial charge in [0.15, 0.2) is 11.2 Å². The molecule has 3 fully saturated rings. The van der Waals surface area contributed by atoms with Crippen molar-refractivity contribution in [2.75, 3.05) is 39.4 Å². The zero-order valence-electron chi connectivity index (χ0n) is 16.6. The highest BCUT2D eigenvalue weighted by Gasteiger charge is 2.44. The van der Waals surface area contributed by atoms with Crippen molar-refractivity contribution in [2.24, 2.45) is 5.41 Å². The van der Waals surface area contributed by atoms with Crippen molar-refractivity contribution in [3.05, 3.63) is 33.9 Å². The lowest BCUT2D eigenvalue weighted by Gasteiger charge is -2.51. The number of aryl methyl sites for hydroxylation is 1. The minimum atomic E-state index is -0.311. The van der Waals surface area contributed by atoms with Gasteiger partial charge in [-0.05, 0) is 44.4 Å². The van der Waals surface area contributed by atoms with Crippen LogP contribution in [0.3, 0.4) is 0 Å². The molecule has 1 spiro atoms. The molecule has 4 rings (SSSR count). The van der Waals surface area contributed by atoms with Crippen LogP contribution in [0, 0.1) is 12.3 Å². The van der Waals surface area contributed by atoms with E-state index in [-0.39, 0.29) is 28.6 Å². The summed E-state index contributed by atoms with van der Waals surface area (Å²) in [7, 11) is 0. The van der Waals surface area contributed by atoms with Crippen LogP contribution in [0.5, 0.6) is 0 Å². The Morgan fingerprint density at radius 2 is 1.93 bits per heavy atom. The maximum Gasteiger partial charge on any atom is 0.289 e. The van der Waals surface area contributed by atoms with Gasteiger partial charge in [-0.1, -0.05) is 0 Å². The topological polar surface area (TPSA) is 83.2 Å². The number of hydrogen-bond donors (Lipinski definition) is 1. The van der Waals surface area contributed by atoms with Gasteiger partial charge in [-0.2, -0.15) is 0 Å². The number of likely N-dealkylation sites (tertiary alicyclic amines) is 2. The van der Waals surface area contributed by atoms with Crippen LogP contribution in [0.2, 0.25) is 0 Å². The number of carbonyl (C=O) groups is 1. The Balaban J connectivity index is 1.41. The molecule has 0 radical (unpaired) electrons. The van der Waals surface area contributed by atoms with Gasteiger partial charge in [0.2, 0.25) is 0 Å². The number of carbonyl (C=O) groups excluding carboxylic acids is 1. The lowest BCUT2D eigenvalue weighted by atomic mass is 9.71. The van der Waals surface area contributed by atoms with Crippen molar-refractivity contribution >= 4 is 5.91 Å². The van der Waals surface area contributed by atoms with E-state index in [1.807, 2.05) is 0 Å². The van der Waals surface area contributed by atoms with E-state index >= 15 is 0 Å². The van der Waals surface area contributed by atoms with E-state index in [1.54, 1.807) is 11.8 Å². The van der Waals surface area contributed by atoms with E-state index in [9.17, 15) is 14.7 Å². The van der Waals surface area contributed by atoms with Crippen LogP contribution in [-0.4, -0.2) is 72.4 Å². The van der Waals surface area contributed by atoms with Crippen molar-refractivity contribution < 1.29 is 19.1 Å². The van der Waals surface area contributed by atoms with Gasteiger partial charge in [0, 0.05) is 57.6 Å². The van der Waals surface area contributed by atoms with E-state index in [0.717, 1.165) is 58.4 Å². The van der Waals surface area contributed by atoms with Crippen molar-refractivity contribution in [1.82, 2.24) is 9.80 Å². The normalized spacial score (nSPS) is 26.5. The van der Waals surface area contributed by atoms with E-state index in [0.29, 0.717) is 24.9 Å². The molecule has 3 saturated heterocycles. The van der Waals surface area contributed by atoms with Crippen molar-refractivity contribution in [2.45, 2.75) is 51.2 Å². The molecule has 3 aliphatic rings. The lowest BCUT2D eigenvalue weighted by Crippen LogP contribution is -2.57. The third kappa shape index (κ3) is 4.16. The first-order valence-corrected chi connectivity index (χ1v) is 10.4. The molecule has 1 atom stereocenters. The molecule has 7 heteroatoms.